The zero-order chi connectivity index (χ0) is 19.0. The van der Waals surface area contributed by atoms with E-state index in [0.29, 0.717) is 29.5 Å². The maximum absolute atomic E-state index is 13.0. The van der Waals surface area contributed by atoms with Crippen molar-refractivity contribution in [1.82, 2.24) is 4.90 Å². The maximum Gasteiger partial charge on any atom is 0.290 e. The van der Waals surface area contributed by atoms with Gasteiger partial charge in [0.15, 0.2) is 5.76 Å². The van der Waals surface area contributed by atoms with E-state index in [1.165, 1.54) is 0 Å². The first kappa shape index (κ1) is 17.7. The summed E-state index contributed by atoms with van der Waals surface area (Å²) in [6, 6.07) is 13.4. The van der Waals surface area contributed by atoms with Gasteiger partial charge in [-0.15, -0.1) is 0 Å². The van der Waals surface area contributed by atoms with E-state index in [1.807, 2.05) is 42.2 Å². The van der Waals surface area contributed by atoms with E-state index < -0.39 is 0 Å². The number of nitrogens with zero attached hydrogens (tertiary/aromatic N) is 2. The van der Waals surface area contributed by atoms with E-state index in [4.69, 9.17) is 20.8 Å². The van der Waals surface area contributed by atoms with Crippen molar-refractivity contribution in [2.45, 2.75) is 6.92 Å². The molecule has 4 rings (SSSR count). The standard InChI is InChI=1S/C21H21ClN2O3/c1-14-18-12-15(22)6-7-19(18)27-20(14)21(25)24-10-8-23(9-11-24)16-4-3-5-17(13-16)26-2/h3-7,12-13H,8-11H2,1-2H3. The van der Waals surface area contributed by atoms with E-state index in [1.54, 1.807) is 13.2 Å². The number of hydrogen-bond donors (Lipinski definition) is 0. The third-order valence-corrected chi connectivity index (χ3v) is 5.31. The van der Waals surface area contributed by atoms with Crippen LogP contribution in [0.2, 0.25) is 5.02 Å². The molecule has 0 radical (unpaired) electrons. The van der Waals surface area contributed by atoms with E-state index in [-0.39, 0.29) is 5.91 Å². The van der Waals surface area contributed by atoms with Gasteiger partial charge in [0.2, 0.25) is 0 Å². The highest BCUT2D eigenvalue weighted by molar-refractivity contribution is 6.31. The van der Waals surface area contributed by atoms with E-state index in [2.05, 4.69) is 11.0 Å². The lowest BCUT2D eigenvalue weighted by Gasteiger charge is -2.35. The van der Waals surface area contributed by atoms with Crippen LogP contribution in [-0.2, 0) is 0 Å². The lowest BCUT2D eigenvalue weighted by molar-refractivity contribution is 0.0716. The third-order valence-electron chi connectivity index (χ3n) is 5.08. The Hall–Kier alpha value is -2.66. The largest absolute Gasteiger partial charge is 0.497 e. The maximum atomic E-state index is 13.0. The zero-order valence-corrected chi connectivity index (χ0v) is 16.1. The van der Waals surface area contributed by atoms with Gasteiger partial charge in [-0.1, -0.05) is 17.7 Å². The van der Waals surface area contributed by atoms with Crippen molar-refractivity contribution >= 4 is 34.2 Å². The van der Waals surface area contributed by atoms with Crippen LogP contribution in [0, 0.1) is 6.92 Å². The molecule has 3 aromatic rings. The van der Waals surface area contributed by atoms with Crippen LogP contribution in [0.4, 0.5) is 5.69 Å². The van der Waals surface area contributed by atoms with Gasteiger partial charge in [0.05, 0.1) is 7.11 Å². The SMILES string of the molecule is COc1cccc(N2CCN(C(=O)c3oc4ccc(Cl)cc4c3C)CC2)c1. The fraction of sp³-hybridized carbons (Fsp3) is 0.286. The number of rotatable bonds is 3. The van der Waals surface area contributed by atoms with Gasteiger partial charge in [-0.25, -0.2) is 0 Å². The Morgan fingerprint density at radius 3 is 2.63 bits per heavy atom. The number of carbonyl (C=O) groups is 1. The molecule has 1 aliphatic heterocycles. The van der Waals surface area contributed by atoms with Crippen molar-refractivity contribution in [3.8, 4) is 5.75 Å². The molecule has 6 heteroatoms. The molecule has 0 spiro atoms. The number of piperazine rings is 1. The summed E-state index contributed by atoms with van der Waals surface area (Å²) in [6.45, 7) is 4.73. The summed E-state index contributed by atoms with van der Waals surface area (Å²) in [4.78, 5) is 17.1. The number of furan rings is 1. The summed E-state index contributed by atoms with van der Waals surface area (Å²) in [5, 5.41) is 1.53. The van der Waals surface area contributed by atoms with Crippen LogP contribution in [0.3, 0.4) is 0 Å². The first-order valence-corrected chi connectivity index (χ1v) is 9.31. The minimum atomic E-state index is -0.0647. The number of fused-ring (bicyclic) bond motifs is 1. The Bertz CT molecular complexity index is 990. The van der Waals surface area contributed by atoms with Gasteiger partial charge in [-0.2, -0.15) is 0 Å². The molecular formula is C21H21ClN2O3. The molecule has 0 bridgehead atoms. The topological polar surface area (TPSA) is 45.9 Å². The van der Waals surface area contributed by atoms with Crippen LogP contribution in [0.5, 0.6) is 5.75 Å². The lowest BCUT2D eigenvalue weighted by Crippen LogP contribution is -2.48. The van der Waals surface area contributed by atoms with Gasteiger partial charge in [-0.3, -0.25) is 4.79 Å². The average molecular weight is 385 g/mol. The Balaban J connectivity index is 1.49. The van der Waals surface area contributed by atoms with Crippen molar-refractivity contribution in [2.24, 2.45) is 0 Å². The molecule has 1 saturated heterocycles. The predicted molar refractivity (Wildman–Crippen MR) is 107 cm³/mol. The van der Waals surface area contributed by atoms with Gasteiger partial charge < -0.3 is 19.0 Å². The highest BCUT2D eigenvalue weighted by Gasteiger charge is 2.27. The van der Waals surface area contributed by atoms with Gasteiger partial charge in [0, 0.05) is 53.9 Å². The van der Waals surface area contributed by atoms with Gasteiger partial charge in [0.1, 0.15) is 11.3 Å². The van der Waals surface area contributed by atoms with Crippen molar-refractivity contribution in [3.05, 3.63) is 58.8 Å². The second-order valence-corrected chi connectivity index (χ2v) is 7.11. The van der Waals surface area contributed by atoms with Gasteiger partial charge in [-0.05, 0) is 37.3 Å². The molecule has 1 fully saturated rings. The fourth-order valence-electron chi connectivity index (χ4n) is 3.52. The lowest BCUT2D eigenvalue weighted by atomic mass is 10.1. The minimum Gasteiger partial charge on any atom is -0.497 e. The van der Waals surface area contributed by atoms with Crippen molar-refractivity contribution in [1.29, 1.82) is 0 Å². The third kappa shape index (κ3) is 3.35. The van der Waals surface area contributed by atoms with Crippen LogP contribution < -0.4 is 9.64 Å². The average Bonchev–Trinajstić information content (AvgIpc) is 3.03. The highest BCUT2D eigenvalue weighted by atomic mass is 35.5. The second-order valence-electron chi connectivity index (χ2n) is 6.68. The molecule has 0 saturated carbocycles. The number of benzene rings is 2. The molecule has 2 heterocycles. The second kappa shape index (κ2) is 7.16. The summed E-state index contributed by atoms with van der Waals surface area (Å²) in [5.41, 5.74) is 2.64. The number of ether oxygens (including phenoxy) is 1. The zero-order valence-electron chi connectivity index (χ0n) is 15.4. The molecule has 0 aliphatic carbocycles. The molecule has 1 aliphatic rings. The van der Waals surface area contributed by atoms with Crippen LogP contribution in [-0.4, -0.2) is 44.1 Å². The quantitative estimate of drug-likeness (QED) is 0.672. The molecule has 0 unspecified atom stereocenters. The summed E-state index contributed by atoms with van der Waals surface area (Å²) < 4.78 is 11.1. The van der Waals surface area contributed by atoms with Crippen molar-refractivity contribution in [3.63, 3.8) is 0 Å². The number of amides is 1. The minimum absolute atomic E-state index is 0.0647. The van der Waals surface area contributed by atoms with E-state index in [0.717, 1.165) is 35.5 Å². The molecule has 0 atom stereocenters. The normalized spacial score (nSPS) is 14.6. The van der Waals surface area contributed by atoms with Gasteiger partial charge >= 0.3 is 0 Å². The first-order valence-electron chi connectivity index (χ1n) is 8.94. The van der Waals surface area contributed by atoms with Crippen molar-refractivity contribution in [2.75, 3.05) is 38.2 Å². The monoisotopic (exact) mass is 384 g/mol. The molecule has 1 amide bonds. The van der Waals surface area contributed by atoms with Crippen LogP contribution in [0.25, 0.3) is 11.0 Å². The molecular weight excluding hydrogens is 364 g/mol. The smallest absolute Gasteiger partial charge is 0.290 e. The predicted octanol–water partition coefficient (Wildman–Crippen LogP) is 4.37. The molecule has 2 aromatic carbocycles. The van der Waals surface area contributed by atoms with E-state index in [9.17, 15) is 4.79 Å². The van der Waals surface area contributed by atoms with Crippen LogP contribution in [0.15, 0.2) is 46.9 Å². The van der Waals surface area contributed by atoms with E-state index >= 15 is 0 Å². The highest BCUT2D eigenvalue weighted by Crippen LogP contribution is 2.29. The van der Waals surface area contributed by atoms with Gasteiger partial charge in [0.25, 0.3) is 5.91 Å². The van der Waals surface area contributed by atoms with Crippen LogP contribution in [0.1, 0.15) is 16.1 Å². The molecule has 5 nitrogen and oxygen atoms in total. The number of aryl methyl sites for hydroxylation is 1. The molecule has 27 heavy (non-hydrogen) atoms. The summed E-state index contributed by atoms with van der Waals surface area (Å²) in [7, 11) is 1.67. The number of carbonyl (C=O) groups excluding carboxylic acids is 1. The molecule has 140 valence electrons. The molecule has 1 aromatic heterocycles. The number of methoxy groups -OCH3 is 1. The van der Waals surface area contributed by atoms with Crippen LogP contribution >= 0.6 is 11.6 Å². The fourth-order valence-corrected chi connectivity index (χ4v) is 3.69. The Morgan fingerprint density at radius 2 is 1.89 bits per heavy atom. The Morgan fingerprint density at radius 1 is 1.11 bits per heavy atom. The molecule has 0 N–H and O–H groups in total. The van der Waals surface area contributed by atoms with Crippen molar-refractivity contribution < 1.29 is 13.9 Å². The summed E-state index contributed by atoms with van der Waals surface area (Å²) in [5.74, 6) is 1.18. The Kier molecular flexibility index (Phi) is 4.70. The number of hydrogen-bond acceptors (Lipinski definition) is 4. The Labute approximate surface area is 163 Å². The number of anilines is 1. The summed E-state index contributed by atoms with van der Waals surface area (Å²) in [6.07, 6.45) is 0. The summed E-state index contributed by atoms with van der Waals surface area (Å²) >= 11 is 6.07. The first-order chi connectivity index (χ1) is 13.1. The number of halogens is 1.